The summed E-state index contributed by atoms with van der Waals surface area (Å²) < 4.78 is 5.28. The van der Waals surface area contributed by atoms with Crippen molar-refractivity contribution in [1.29, 1.82) is 0 Å². The number of ether oxygens (including phenoxy) is 1. The predicted molar refractivity (Wildman–Crippen MR) is 115 cm³/mol. The second-order valence-electron chi connectivity index (χ2n) is 6.41. The number of hydrogen-bond acceptors (Lipinski definition) is 1. The molecule has 0 amide bonds. The molecule has 0 radical (unpaired) electrons. The summed E-state index contributed by atoms with van der Waals surface area (Å²) in [7, 11) is 1.70. The molecular formula is C25H21OS+. The van der Waals surface area contributed by atoms with Crippen molar-refractivity contribution in [2.75, 3.05) is 7.11 Å². The van der Waals surface area contributed by atoms with Gasteiger partial charge in [-0.2, -0.15) is 0 Å². The van der Waals surface area contributed by atoms with Crippen LogP contribution in [0.3, 0.4) is 0 Å². The van der Waals surface area contributed by atoms with Crippen LogP contribution >= 0.6 is 11.3 Å². The summed E-state index contributed by atoms with van der Waals surface area (Å²) in [5, 5.41) is 0. The van der Waals surface area contributed by atoms with Crippen molar-refractivity contribution in [3.05, 3.63) is 108 Å². The first-order chi connectivity index (χ1) is 13.3. The lowest BCUT2D eigenvalue weighted by Gasteiger charge is -2.06. The second-order valence-corrected chi connectivity index (χ2v) is 7.46. The zero-order chi connectivity index (χ0) is 18.5. The molecule has 0 bridgehead atoms. The van der Waals surface area contributed by atoms with Crippen LogP contribution in [-0.4, -0.2) is 7.11 Å². The van der Waals surface area contributed by atoms with E-state index in [9.17, 15) is 0 Å². The molecule has 0 unspecified atom stereocenters. The molecule has 0 saturated carbocycles. The number of rotatable bonds is 5. The van der Waals surface area contributed by atoms with Gasteiger partial charge in [0.25, 0.3) is 0 Å². The van der Waals surface area contributed by atoms with Crippen LogP contribution in [0.25, 0.3) is 20.9 Å². The molecule has 4 rings (SSSR count). The Labute approximate surface area is 164 Å². The lowest BCUT2D eigenvalue weighted by molar-refractivity contribution is 0.414. The maximum atomic E-state index is 5.28. The molecule has 0 aliphatic rings. The minimum Gasteiger partial charge on any atom is -0.497 e. The largest absolute Gasteiger partial charge is 0.497 e. The Bertz CT molecular complexity index is 1010. The Morgan fingerprint density at radius 1 is 0.667 bits per heavy atom. The van der Waals surface area contributed by atoms with Crippen LogP contribution in [0.2, 0.25) is 0 Å². The van der Waals surface area contributed by atoms with E-state index >= 15 is 0 Å². The van der Waals surface area contributed by atoms with Gasteiger partial charge in [-0.15, -0.1) is 0 Å². The fourth-order valence-electron chi connectivity index (χ4n) is 3.16. The Balaban J connectivity index is 1.76. The summed E-state index contributed by atoms with van der Waals surface area (Å²) in [5.41, 5.74) is 5.16. The van der Waals surface area contributed by atoms with Crippen molar-refractivity contribution in [3.8, 4) is 26.6 Å². The third-order valence-electron chi connectivity index (χ3n) is 4.59. The van der Waals surface area contributed by atoms with Gasteiger partial charge in [0.2, 0.25) is 21.1 Å². The van der Waals surface area contributed by atoms with E-state index < -0.39 is 0 Å². The standard InChI is InChI=1S/C25H21OS/c1-26-23-15-12-19(13-16-23)18-22-14-17-24(20-8-4-2-5-9-20)27-25(22)21-10-6-3-7-11-21/h2-17H,18H2,1H3/q+1. The van der Waals surface area contributed by atoms with Crippen molar-refractivity contribution in [2.45, 2.75) is 6.42 Å². The highest BCUT2D eigenvalue weighted by molar-refractivity contribution is 7.18. The van der Waals surface area contributed by atoms with Crippen LogP contribution in [0.15, 0.2) is 97.1 Å². The Hall–Kier alpha value is -2.97. The zero-order valence-corrected chi connectivity index (χ0v) is 16.1. The molecule has 1 heterocycles. The molecule has 1 nitrogen and oxygen atoms in total. The first-order valence-corrected chi connectivity index (χ1v) is 9.85. The highest BCUT2D eigenvalue weighted by atomic mass is 32.1. The molecule has 27 heavy (non-hydrogen) atoms. The van der Waals surface area contributed by atoms with Gasteiger partial charge in [0.05, 0.1) is 7.11 Å². The average Bonchev–Trinajstić information content (AvgIpc) is 2.76. The quantitative estimate of drug-likeness (QED) is 0.345. The van der Waals surface area contributed by atoms with Crippen molar-refractivity contribution < 1.29 is 4.74 Å². The predicted octanol–water partition coefficient (Wildman–Crippen LogP) is 6.96. The van der Waals surface area contributed by atoms with E-state index in [0.29, 0.717) is 0 Å². The third kappa shape index (κ3) is 4.07. The molecule has 0 saturated heterocycles. The maximum absolute atomic E-state index is 5.28. The normalized spacial score (nSPS) is 10.6. The van der Waals surface area contributed by atoms with Crippen LogP contribution in [-0.2, 0) is 6.42 Å². The first-order valence-electron chi connectivity index (χ1n) is 9.03. The van der Waals surface area contributed by atoms with Gasteiger partial charge in [0, 0.05) is 29.2 Å². The summed E-state index contributed by atoms with van der Waals surface area (Å²) in [6.45, 7) is 0. The Morgan fingerprint density at radius 3 is 1.93 bits per heavy atom. The van der Waals surface area contributed by atoms with Crippen LogP contribution in [0.1, 0.15) is 11.1 Å². The highest BCUT2D eigenvalue weighted by Gasteiger charge is 2.21. The van der Waals surface area contributed by atoms with E-state index in [1.54, 1.807) is 7.11 Å². The first kappa shape index (κ1) is 17.4. The molecule has 132 valence electrons. The minimum absolute atomic E-state index is 0.893. The Morgan fingerprint density at radius 2 is 1.30 bits per heavy atom. The highest BCUT2D eigenvalue weighted by Crippen LogP contribution is 2.36. The van der Waals surface area contributed by atoms with Gasteiger partial charge in [0.15, 0.2) is 0 Å². The molecule has 0 atom stereocenters. The Kier molecular flexibility index (Phi) is 5.27. The van der Waals surface area contributed by atoms with Gasteiger partial charge in [-0.1, -0.05) is 48.5 Å². The minimum atomic E-state index is 0.893. The molecule has 0 N–H and O–H groups in total. The molecule has 0 aliphatic carbocycles. The fourth-order valence-corrected chi connectivity index (χ4v) is 4.29. The molecule has 0 aliphatic heterocycles. The molecule has 0 spiro atoms. The van der Waals surface area contributed by atoms with Gasteiger partial charge >= 0.3 is 0 Å². The van der Waals surface area contributed by atoms with E-state index in [-0.39, 0.29) is 0 Å². The monoisotopic (exact) mass is 369 g/mol. The molecule has 2 heteroatoms. The maximum Gasteiger partial charge on any atom is 0.242 e. The second kappa shape index (κ2) is 8.15. The van der Waals surface area contributed by atoms with E-state index in [2.05, 4.69) is 84.9 Å². The van der Waals surface area contributed by atoms with Gasteiger partial charge in [0.1, 0.15) is 5.75 Å². The van der Waals surface area contributed by atoms with Crippen LogP contribution in [0, 0.1) is 0 Å². The third-order valence-corrected chi connectivity index (χ3v) is 5.88. The summed E-state index contributed by atoms with van der Waals surface area (Å²) in [6.07, 6.45) is 0.903. The SMILES string of the molecule is COc1ccc(Cc2ccc(-c3ccccc3)[s+]c2-c2ccccc2)cc1. The van der Waals surface area contributed by atoms with Crippen LogP contribution in [0.5, 0.6) is 5.75 Å². The average molecular weight is 370 g/mol. The van der Waals surface area contributed by atoms with Crippen molar-refractivity contribution in [3.63, 3.8) is 0 Å². The fraction of sp³-hybridized carbons (Fsp3) is 0.0800. The van der Waals surface area contributed by atoms with Crippen LogP contribution in [0.4, 0.5) is 0 Å². The molecular weight excluding hydrogens is 348 g/mol. The number of methoxy groups -OCH3 is 1. The summed E-state index contributed by atoms with van der Waals surface area (Å²) in [5.74, 6) is 0.893. The molecule has 1 aromatic heterocycles. The van der Waals surface area contributed by atoms with E-state index in [1.165, 1.54) is 32.0 Å². The summed E-state index contributed by atoms with van der Waals surface area (Å²) in [6, 6.07) is 34.1. The topological polar surface area (TPSA) is 9.23 Å². The summed E-state index contributed by atoms with van der Waals surface area (Å²) in [4.78, 5) is 2.61. The lowest BCUT2D eigenvalue weighted by Crippen LogP contribution is -1.92. The van der Waals surface area contributed by atoms with Crippen molar-refractivity contribution >= 4 is 11.3 Å². The van der Waals surface area contributed by atoms with Gasteiger partial charge in [-0.3, -0.25) is 0 Å². The van der Waals surface area contributed by atoms with Gasteiger partial charge < -0.3 is 4.74 Å². The molecule has 3 aromatic carbocycles. The van der Waals surface area contributed by atoms with E-state index in [0.717, 1.165) is 12.2 Å². The molecule has 4 aromatic rings. The smallest absolute Gasteiger partial charge is 0.242 e. The summed E-state index contributed by atoms with van der Waals surface area (Å²) >= 11 is 1.86. The number of benzene rings is 3. The van der Waals surface area contributed by atoms with Gasteiger partial charge in [-0.05, 0) is 48.0 Å². The number of hydrogen-bond donors (Lipinski definition) is 0. The zero-order valence-electron chi connectivity index (χ0n) is 15.3. The van der Waals surface area contributed by atoms with Crippen LogP contribution < -0.4 is 4.74 Å². The molecule has 0 fully saturated rings. The van der Waals surface area contributed by atoms with Crippen molar-refractivity contribution in [1.82, 2.24) is 0 Å². The van der Waals surface area contributed by atoms with E-state index in [4.69, 9.17) is 4.74 Å². The van der Waals surface area contributed by atoms with Gasteiger partial charge in [-0.25, -0.2) is 0 Å². The van der Waals surface area contributed by atoms with Crippen molar-refractivity contribution in [2.24, 2.45) is 0 Å². The lowest BCUT2D eigenvalue weighted by atomic mass is 10.0. The van der Waals surface area contributed by atoms with E-state index in [1.807, 2.05) is 23.5 Å².